The first-order valence-electron chi connectivity index (χ1n) is 6.49. The lowest BCUT2D eigenvalue weighted by molar-refractivity contribution is 0.345. The van der Waals surface area contributed by atoms with Crippen molar-refractivity contribution in [2.45, 2.75) is 31.3 Å². The predicted octanol–water partition coefficient (Wildman–Crippen LogP) is 1.87. The molecule has 1 saturated carbocycles. The number of aromatic nitrogens is 4. The van der Waals surface area contributed by atoms with Gasteiger partial charge in [0, 0.05) is 49.1 Å². The molecule has 3 N–H and O–H groups in total. The normalized spacial score (nSPS) is 19.9. The molecule has 0 aliphatic heterocycles. The van der Waals surface area contributed by atoms with Gasteiger partial charge in [-0.05, 0) is 12.8 Å². The van der Waals surface area contributed by atoms with Gasteiger partial charge in [0.1, 0.15) is 12.1 Å². The minimum Gasteiger partial charge on any atom is -0.366 e. The molecule has 0 unspecified atom stereocenters. The first-order valence-corrected chi connectivity index (χ1v) is 6.49. The van der Waals surface area contributed by atoms with E-state index >= 15 is 0 Å². The summed E-state index contributed by atoms with van der Waals surface area (Å²) in [6.07, 6.45) is 7.50. The molecular formula is C13H20Cl2N6. The smallest absolute Gasteiger partial charge is 0.129 e. The van der Waals surface area contributed by atoms with Gasteiger partial charge in [-0.2, -0.15) is 5.10 Å². The lowest BCUT2D eigenvalue weighted by Gasteiger charge is -2.31. The summed E-state index contributed by atoms with van der Waals surface area (Å²) in [5.74, 6) is 1.35. The molecule has 0 amide bonds. The van der Waals surface area contributed by atoms with Crippen LogP contribution in [0.3, 0.4) is 0 Å². The summed E-state index contributed by atoms with van der Waals surface area (Å²) >= 11 is 0. The maximum atomic E-state index is 5.81. The third-order valence-corrected chi connectivity index (χ3v) is 3.51. The minimum atomic E-state index is 0. The molecule has 3 rings (SSSR count). The van der Waals surface area contributed by atoms with Crippen LogP contribution in [-0.4, -0.2) is 25.8 Å². The van der Waals surface area contributed by atoms with Crippen LogP contribution in [0.15, 0.2) is 24.8 Å². The fourth-order valence-corrected chi connectivity index (χ4v) is 2.35. The number of rotatable bonds is 4. The minimum absolute atomic E-state index is 0. The summed E-state index contributed by atoms with van der Waals surface area (Å²) in [6, 6.07) is 2.36. The van der Waals surface area contributed by atoms with Crippen molar-refractivity contribution >= 4 is 30.6 Å². The van der Waals surface area contributed by atoms with E-state index in [1.54, 1.807) is 11.0 Å². The summed E-state index contributed by atoms with van der Waals surface area (Å²) < 4.78 is 1.79. The highest BCUT2D eigenvalue weighted by atomic mass is 35.5. The highest BCUT2D eigenvalue weighted by Crippen LogP contribution is 2.34. The fraction of sp³-hybridized carbons (Fsp3) is 0.462. The van der Waals surface area contributed by atoms with Crippen molar-refractivity contribution in [3.63, 3.8) is 0 Å². The molecule has 0 bridgehead atoms. The van der Waals surface area contributed by atoms with Gasteiger partial charge in [0.05, 0.1) is 6.20 Å². The van der Waals surface area contributed by atoms with Crippen LogP contribution in [0.5, 0.6) is 0 Å². The number of anilines is 1. The molecule has 116 valence electrons. The van der Waals surface area contributed by atoms with Crippen molar-refractivity contribution in [2.75, 3.05) is 5.32 Å². The maximum Gasteiger partial charge on any atom is 0.129 e. The number of hydrogen-bond acceptors (Lipinski definition) is 5. The van der Waals surface area contributed by atoms with Crippen molar-refractivity contribution in [1.29, 1.82) is 0 Å². The van der Waals surface area contributed by atoms with Gasteiger partial charge in [0.2, 0.25) is 0 Å². The van der Waals surface area contributed by atoms with Gasteiger partial charge >= 0.3 is 0 Å². The maximum absolute atomic E-state index is 5.81. The lowest BCUT2D eigenvalue weighted by atomic mass is 9.79. The van der Waals surface area contributed by atoms with Crippen molar-refractivity contribution in [3.8, 4) is 0 Å². The van der Waals surface area contributed by atoms with Crippen molar-refractivity contribution in [1.82, 2.24) is 19.7 Å². The van der Waals surface area contributed by atoms with Crippen LogP contribution < -0.4 is 11.1 Å². The third kappa shape index (κ3) is 4.30. The number of hydrogen-bond donors (Lipinski definition) is 2. The standard InChI is InChI=1S/C13H18N6.2ClH/c1-19-7-9(6-18-19)5-15-13-4-12(16-8-17-13)10-2-11(14)3-10;;/h4,6-8,10-11H,2-3,5,14H2,1H3,(H,15,16,17);2*1H. The Morgan fingerprint density at radius 3 is 2.71 bits per heavy atom. The Hall–Kier alpha value is -1.37. The van der Waals surface area contributed by atoms with E-state index in [0.717, 1.165) is 29.9 Å². The highest BCUT2D eigenvalue weighted by molar-refractivity contribution is 5.85. The van der Waals surface area contributed by atoms with Gasteiger partial charge < -0.3 is 11.1 Å². The molecule has 1 aliphatic carbocycles. The van der Waals surface area contributed by atoms with Crippen LogP contribution >= 0.6 is 24.8 Å². The molecule has 0 spiro atoms. The topological polar surface area (TPSA) is 81.7 Å². The van der Waals surface area contributed by atoms with Gasteiger partial charge in [-0.3, -0.25) is 4.68 Å². The largest absolute Gasteiger partial charge is 0.366 e. The molecular weight excluding hydrogens is 311 g/mol. The molecule has 0 atom stereocenters. The Bertz CT molecular complexity index is 567. The second-order valence-electron chi connectivity index (χ2n) is 5.13. The Balaban J connectivity index is 0.00000110. The lowest BCUT2D eigenvalue weighted by Crippen LogP contribution is -2.35. The zero-order chi connectivity index (χ0) is 13.2. The zero-order valence-corrected chi connectivity index (χ0v) is 13.4. The van der Waals surface area contributed by atoms with Crippen LogP contribution in [0.25, 0.3) is 0 Å². The average Bonchev–Trinajstić information content (AvgIpc) is 2.79. The summed E-state index contributed by atoms with van der Waals surface area (Å²) in [5.41, 5.74) is 8.03. The number of halogens is 2. The Labute approximate surface area is 136 Å². The monoisotopic (exact) mass is 330 g/mol. The zero-order valence-electron chi connectivity index (χ0n) is 11.8. The first-order chi connectivity index (χ1) is 9.20. The van der Waals surface area contributed by atoms with E-state index in [-0.39, 0.29) is 24.8 Å². The second kappa shape index (κ2) is 7.59. The Morgan fingerprint density at radius 2 is 2.10 bits per heavy atom. The van der Waals surface area contributed by atoms with E-state index in [1.807, 2.05) is 25.5 Å². The Kier molecular flexibility index (Phi) is 6.39. The summed E-state index contributed by atoms with van der Waals surface area (Å²) in [7, 11) is 1.91. The van der Waals surface area contributed by atoms with Gasteiger partial charge in [0.15, 0.2) is 0 Å². The predicted molar refractivity (Wildman–Crippen MR) is 87.0 cm³/mol. The van der Waals surface area contributed by atoms with Crippen LogP contribution in [0.1, 0.15) is 30.0 Å². The van der Waals surface area contributed by atoms with E-state index in [1.165, 1.54) is 0 Å². The van der Waals surface area contributed by atoms with Crippen molar-refractivity contribution in [2.24, 2.45) is 12.8 Å². The van der Waals surface area contributed by atoms with Crippen LogP contribution in [0.2, 0.25) is 0 Å². The van der Waals surface area contributed by atoms with Crippen molar-refractivity contribution in [3.05, 3.63) is 36.0 Å². The van der Waals surface area contributed by atoms with Crippen LogP contribution in [0, 0.1) is 0 Å². The molecule has 0 radical (unpaired) electrons. The number of nitrogens with two attached hydrogens (primary N) is 1. The average molecular weight is 331 g/mol. The summed E-state index contributed by atoms with van der Waals surface area (Å²) in [5, 5.41) is 7.43. The third-order valence-electron chi connectivity index (χ3n) is 3.51. The second-order valence-corrected chi connectivity index (χ2v) is 5.13. The van der Waals surface area contributed by atoms with Crippen LogP contribution in [-0.2, 0) is 13.6 Å². The van der Waals surface area contributed by atoms with E-state index in [9.17, 15) is 0 Å². The van der Waals surface area contributed by atoms with E-state index < -0.39 is 0 Å². The molecule has 6 nitrogen and oxygen atoms in total. The molecule has 2 heterocycles. The molecule has 0 aromatic carbocycles. The van der Waals surface area contributed by atoms with E-state index in [4.69, 9.17) is 5.73 Å². The van der Waals surface area contributed by atoms with Crippen LogP contribution in [0.4, 0.5) is 5.82 Å². The quantitative estimate of drug-likeness (QED) is 0.894. The Morgan fingerprint density at radius 1 is 1.33 bits per heavy atom. The molecule has 8 heteroatoms. The molecule has 1 aliphatic rings. The summed E-state index contributed by atoms with van der Waals surface area (Å²) in [6.45, 7) is 0.717. The number of aryl methyl sites for hydroxylation is 1. The van der Waals surface area contributed by atoms with Gasteiger partial charge in [0.25, 0.3) is 0 Å². The van der Waals surface area contributed by atoms with Crippen molar-refractivity contribution < 1.29 is 0 Å². The van der Waals surface area contributed by atoms with Gasteiger partial charge in [-0.25, -0.2) is 9.97 Å². The summed E-state index contributed by atoms with van der Waals surface area (Å²) in [4.78, 5) is 8.57. The molecule has 1 fully saturated rings. The van der Waals surface area contributed by atoms with Gasteiger partial charge in [-0.1, -0.05) is 0 Å². The molecule has 0 saturated heterocycles. The number of nitrogens with zero attached hydrogens (tertiary/aromatic N) is 4. The van der Waals surface area contributed by atoms with E-state index in [2.05, 4.69) is 20.4 Å². The first kappa shape index (κ1) is 17.7. The fourth-order valence-electron chi connectivity index (χ4n) is 2.35. The van der Waals surface area contributed by atoms with Gasteiger partial charge in [-0.15, -0.1) is 24.8 Å². The van der Waals surface area contributed by atoms with E-state index in [0.29, 0.717) is 18.5 Å². The molecule has 21 heavy (non-hydrogen) atoms. The SMILES string of the molecule is Cl.Cl.Cn1cc(CNc2cc(C3CC(N)C3)ncn2)cn1. The number of nitrogens with one attached hydrogen (secondary N) is 1. The highest BCUT2D eigenvalue weighted by Gasteiger charge is 2.28. The molecule has 2 aromatic rings. The molecule has 2 aromatic heterocycles.